The fraction of sp³-hybridized carbons (Fsp3) is 0. The summed E-state index contributed by atoms with van der Waals surface area (Å²) in [7, 11) is -3.49. The van der Waals surface area contributed by atoms with E-state index in [0.717, 1.165) is 8.26 Å². The first-order chi connectivity index (χ1) is 7.97. The van der Waals surface area contributed by atoms with Gasteiger partial charge < -0.3 is 0 Å². The number of hydrogen-bond donors (Lipinski definition) is 1. The minimum atomic E-state index is -3.49. The van der Waals surface area contributed by atoms with Crippen LogP contribution in [-0.2, 0) is 10.0 Å². The summed E-state index contributed by atoms with van der Waals surface area (Å²) >= 11 is 7.70. The van der Waals surface area contributed by atoms with Crippen LogP contribution in [0.15, 0.2) is 48.9 Å². The van der Waals surface area contributed by atoms with Gasteiger partial charge in [0.15, 0.2) is 0 Å². The van der Waals surface area contributed by atoms with Gasteiger partial charge in [0, 0.05) is 10.2 Å². The predicted octanol–water partition coefficient (Wildman–Crippen LogP) is 4.07. The molecule has 0 spiro atoms. The fourth-order valence-electron chi connectivity index (χ4n) is 1.20. The van der Waals surface area contributed by atoms with Crippen LogP contribution in [-0.4, -0.2) is 8.42 Å². The number of thiophene rings is 1. The molecule has 2 aromatic rings. The fourth-order valence-corrected chi connectivity index (χ4v) is 4.66. The van der Waals surface area contributed by atoms with Crippen LogP contribution in [0.5, 0.6) is 0 Å². The number of hydrogen-bond acceptors (Lipinski definition) is 3. The summed E-state index contributed by atoms with van der Waals surface area (Å²) in [5, 5.41) is 0. The van der Waals surface area contributed by atoms with E-state index < -0.39 is 10.0 Å². The van der Waals surface area contributed by atoms with Crippen LogP contribution < -0.4 is 4.72 Å². The molecule has 90 valence electrons. The van der Waals surface area contributed by atoms with Crippen LogP contribution >= 0.6 is 43.2 Å². The topological polar surface area (TPSA) is 46.2 Å². The van der Waals surface area contributed by atoms with Crippen LogP contribution in [0.25, 0.3) is 0 Å². The summed E-state index contributed by atoms with van der Waals surface area (Å²) in [5.41, 5.74) is 0.531. The second kappa shape index (κ2) is 5.09. The van der Waals surface area contributed by atoms with Crippen molar-refractivity contribution in [3.8, 4) is 0 Å². The van der Waals surface area contributed by atoms with Crippen molar-refractivity contribution >= 4 is 58.9 Å². The Morgan fingerprint density at radius 3 is 2.47 bits per heavy atom. The number of nitrogens with one attached hydrogen (secondary N) is 1. The molecule has 0 aliphatic heterocycles. The molecule has 3 nitrogen and oxygen atoms in total. The Kier molecular flexibility index (Phi) is 3.92. The maximum Gasteiger partial charge on any atom is 0.271 e. The minimum absolute atomic E-state index is 0.282. The van der Waals surface area contributed by atoms with E-state index in [1.165, 1.54) is 11.3 Å². The van der Waals surface area contributed by atoms with Gasteiger partial charge in [0.1, 0.15) is 4.21 Å². The molecule has 17 heavy (non-hydrogen) atoms. The molecular weight excluding hydrogens is 390 g/mol. The molecule has 1 heterocycles. The lowest BCUT2D eigenvalue weighted by molar-refractivity contribution is 0.603. The average molecular weight is 397 g/mol. The molecule has 0 bridgehead atoms. The van der Waals surface area contributed by atoms with Gasteiger partial charge in [-0.2, -0.15) is 0 Å². The average Bonchev–Trinajstić information content (AvgIpc) is 2.65. The van der Waals surface area contributed by atoms with E-state index in [2.05, 4.69) is 36.6 Å². The Morgan fingerprint density at radius 2 is 1.88 bits per heavy atom. The van der Waals surface area contributed by atoms with Crippen LogP contribution in [0.2, 0.25) is 0 Å². The lowest BCUT2D eigenvalue weighted by atomic mass is 10.3. The number of benzene rings is 1. The highest BCUT2D eigenvalue weighted by atomic mass is 79.9. The van der Waals surface area contributed by atoms with Crippen molar-refractivity contribution in [2.45, 2.75) is 4.21 Å². The van der Waals surface area contributed by atoms with Crippen molar-refractivity contribution in [2.24, 2.45) is 0 Å². The summed E-state index contributed by atoms with van der Waals surface area (Å²) in [6.45, 7) is 0. The molecule has 0 unspecified atom stereocenters. The van der Waals surface area contributed by atoms with E-state index >= 15 is 0 Å². The van der Waals surface area contributed by atoms with E-state index in [4.69, 9.17) is 0 Å². The van der Waals surface area contributed by atoms with Gasteiger partial charge in [0.2, 0.25) is 0 Å². The molecular formula is C10H7Br2NO2S2. The maximum absolute atomic E-state index is 12.0. The van der Waals surface area contributed by atoms with Gasteiger partial charge in [-0.3, -0.25) is 4.72 Å². The van der Waals surface area contributed by atoms with Crippen molar-refractivity contribution in [1.82, 2.24) is 0 Å². The number of anilines is 1. The van der Waals surface area contributed by atoms with Crippen LogP contribution in [0.4, 0.5) is 5.69 Å². The highest BCUT2D eigenvalue weighted by molar-refractivity contribution is 9.11. The molecule has 1 aromatic heterocycles. The van der Waals surface area contributed by atoms with Gasteiger partial charge in [-0.05, 0) is 46.3 Å². The first kappa shape index (κ1) is 13.1. The first-order valence-corrected chi connectivity index (χ1v) is 8.40. The van der Waals surface area contributed by atoms with E-state index in [1.54, 1.807) is 30.3 Å². The molecule has 0 amide bonds. The van der Waals surface area contributed by atoms with Crippen molar-refractivity contribution < 1.29 is 8.42 Å². The van der Waals surface area contributed by atoms with Crippen LogP contribution in [0.3, 0.4) is 0 Å². The highest BCUT2D eigenvalue weighted by Gasteiger charge is 2.16. The number of halogens is 2. The second-order valence-corrected chi connectivity index (χ2v) is 8.46. The lowest BCUT2D eigenvalue weighted by Crippen LogP contribution is -2.11. The highest BCUT2D eigenvalue weighted by Crippen LogP contribution is 2.28. The third kappa shape index (κ3) is 3.31. The lowest BCUT2D eigenvalue weighted by Gasteiger charge is -2.06. The molecule has 1 aromatic carbocycles. The molecule has 2 rings (SSSR count). The van der Waals surface area contributed by atoms with Gasteiger partial charge in [-0.15, -0.1) is 11.3 Å². The van der Waals surface area contributed by atoms with Crippen LogP contribution in [0.1, 0.15) is 0 Å². The molecule has 0 radical (unpaired) electrons. The molecule has 0 aliphatic rings. The molecule has 7 heteroatoms. The zero-order chi connectivity index (χ0) is 12.5. The summed E-state index contributed by atoms with van der Waals surface area (Å²) < 4.78 is 28.4. The second-order valence-electron chi connectivity index (χ2n) is 3.17. The summed E-state index contributed by atoms with van der Waals surface area (Å²) in [5.74, 6) is 0. The summed E-state index contributed by atoms with van der Waals surface area (Å²) in [6.07, 6.45) is 0. The van der Waals surface area contributed by atoms with Gasteiger partial charge in [-0.1, -0.05) is 22.0 Å². The Hall–Kier alpha value is -0.370. The van der Waals surface area contributed by atoms with E-state index in [9.17, 15) is 8.42 Å². The molecule has 0 aliphatic carbocycles. The Morgan fingerprint density at radius 1 is 1.12 bits per heavy atom. The third-order valence-corrected chi connectivity index (χ3v) is 5.88. The van der Waals surface area contributed by atoms with Gasteiger partial charge >= 0.3 is 0 Å². The first-order valence-electron chi connectivity index (χ1n) is 4.51. The minimum Gasteiger partial charge on any atom is -0.279 e. The number of rotatable bonds is 3. The standard InChI is InChI=1S/C10H7Br2NO2S2/c11-7-2-1-3-8(6-7)13-17(14,15)10-5-4-9(12)16-10/h1-6,13H. The molecule has 0 fully saturated rings. The molecule has 0 atom stereocenters. The monoisotopic (exact) mass is 395 g/mol. The van der Waals surface area contributed by atoms with Crippen molar-refractivity contribution in [2.75, 3.05) is 4.72 Å². The predicted molar refractivity (Wildman–Crippen MR) is 77.0 cm³/mol. The van der Waals surface area contributed by atoms with E-state index in [-0.39, 0.29) is 4.21 Å². The molecule has 0 saturated heterocycles. The smallest absolute Gasteiger partial charge is 0.271 e. The Balaban J connectivity index is 2.29. The van der Waals surface area contributed by atoms with Gasteiger partial charge in [0.25, 0.3) is 10.0 Å². The third-order valence-electron chi connectivity index (χ3n) is 1.89. The molecule has 1 N–H and O–H groups in total. The normalized spacial score (nSPS) is 11.4. The summed E-state index contributed by atoms with van der Waals surface area (Å²) in [4.78, 5) is 0. The zero-order valence-electron chi connectivity index (χ0n) is 8.35. The molecule has 0 saturated carbocycles. The van der Waals surface area contributed by atoms with Crippen molar-refractivity contribution in [3.63, 3.8) is 0 Å². The Labute approximate surface area is 120 Å². The van der Waals surface area contributed by atoms with Gasteiger partial charge in [-0.25, -0.2) is 8.42 Å². The quantitative estimate of drug-likeness (QED) is 0.849. The largest absolute Gasteiger partial charge is 0.279 e. The van der Waals surface area contributed by atoms with Crippen molar-refractivity contribution in [3.05, 3.63) is 44.7 Å². The van der Waals surface area contributed by atoms with Crippen LogP contribution in [0, 0.1) is 0 Å². The Bertz CT molecular complexity index is 637. The summed E-state index contributed by atoms with van der Waals surface area (Å²) in [6, 6.07) is 10.3. The zero-order valence-corrected chi connectivity index (χ0v) is 13.2. The maximum atomic E-state index is 12.0. The van der Waals surface area contributed by atoms with E-state index in [1.807, 2.05) is 6.07 Å². The van der Waals surface area contributed by atoms with Crippen molar-refractivity contribution in [1.29, 1.82) is 0 Å². The van der Waals surface area contributed by atoms with Gasteiger partial charge in [0.05, 0.1) is 3.79 Å². The number of sulfonamides is 1. The van der Waals surface area contributed by atoms with E-state index in [0.29, 0.717) is 5.69 Å². The SMILES string of the molecule is O=S(=O)(Nc1cccc(Br)c1)c1ccc(Br)s1.